The minimum absolute atomic E-state index is 0.142. The van der Waals surface area contributed by atoms with E-state index in [0.29, 0.717) is 34.8 Å². The van der Waals surface area contributed by atoms with Gasteiger partial charge in [0, 0.05) is 22.8 Å². The van der Waals surface area contributed by atoms with Crippen molar-refractivity contribution in [2.24, 2.45) is 0 Å². The van der Waals surface area contributed by atoms with Crippen molar-refractivity contribution in [3.05, 3.63) is 66.7 Å². The maximum absolute atomic E-state index is 12.5. The smallest absolute Gasteiger partial charge is 0.234 e. The summed E-state index contributed by atoms with van der Waals surface area (Å²) in [6, 6.07) is 20.7. The molecule has 1 amide bonds. The van der Waals surface area contributed by atoms with Gasteiger partial charge in [-0.1, -0.05) is 23.9 Å². The van der Waals surface area contributed by atoms with E-state index in [0.717, 1.165) is 22.3 Å². The Labute approximate surface area is 200 Å². The van der Waals surface area contributed by atoms with E-state index in [2.05, 4.69) is 20.6 Å². The molecule has 34 heavy (non-hydrogen) atoms. The second kappa shape index (κ2) is 9.88. The molecule has 0 spiro atoms. The van der Waals surface area contributed by atoms with Gasteiger partial charge in [-0.3, -0.25) is 4.79 Å². The quantitative estimate of drug-likeness (QED) is 0.265. The molecule has 0 radical (unpaired) electrons. The van der Waals surface area contributed by atoms with Gasteiger partial charge >= 0.3 is 0 Å². The van der Waals surface area contributed by atoms with Gasteiger partial charge in [0.25, 0.3) is 0 Å². The highest BCUT2D eigenvalue weighted by Gasteiger charge is 2.15. The van der Waals surface area contributed by atoms with Gasteiger partial charge in [-0.05, 0) is 55.5 Å². The lowest BCUT2D eigenvalue weighted by Crippen LogP contribution is -2.14. The number of carbonyl (C=O) groups excluding carboxylic acids is 1. The standard InChI is InChI=1S/C25H22N4O4S/c1-2-31-18-10-7-16(8-11-18)26-23(30)14-34-25-28-20-6-4-3-5-19(20)24(29-25)27-17-9-12-21-22(13-17)33-15-32-21/h3-13H,2,14-15H2,1H3,(H,26,30)(H,27,28,29). The van der Waals surface area contributed by atoms with Gasteiger partial charge in [0.05, 0.1) is 17.9 Å². The summed E-state index contributed by atoms with van der Waals surface area (Å²) >= 11 is 1.28. The summed E-state index contributed by atoms with van der Waals surface area (Å²) in [5, 5.41) is 7.61. The molecule has 0 fully saturated rings. The molecule has 1 aliphatic rings. The summed E-state index contributed by atoms with van der Waals surface area (Å²) < 4.78 is 16.3. The van der Waals surface area contributed by atoms with Gasteiger partial charge in [0.15, 0.2) is 16.7 Å². The number of hydrogen-bond donors (Lipinski definition) is 2. The highest BCUT2D eigenvalue weighted by atomic mass is 32.2. The number of thioether (sulfide) groups is 1. The van der Waals surface area contributed by atoms with E-state index in [-0.39, 0.29) is 18.5 Å². The van der Waals surface area contributed by atoms with Crippen LogP contribution in [0.4, 0.5) is 17.2 Å². The van der Waals surface area contributed by atoms with Crippen LogP contribution in [0.15, 0.2) is 71.9 Å². The molecule has 2 heterocycles. The molecular weight excluding hydrogens is 452 g/mol. The molecule has 3 aromatic carbocycles. The molecule has 0 saturated heterocycles. The zero-order chi connectivity index (χ0) is 23.3. The summed E-state index contributed by atoms with van der Waals surface area (Å²) in [7, 11) is 0. The molecule has 1 aromatic heterocycles. The van der Waals surface area contributed by atoms with E-state index in [4.69, 9.17) is 14.2 Å². The van der Waals surface area contributed by atoms with Crippen molar-refractivity contribution in [2.75, 3.05) is 29.8 Å². The molecule has 172 valence electrons. The number of benzene rings is 3. The topological polar surface area (TPSA) is 94.6 Å². The summed E-state index contributed by atoms with van der Waals surface area (Å²) in [4.78, 5) is 21.8. The molecule has 9 heteroatoms. The number of nitrogens with one attached hydrogen (secondary N) is 2. The number of rotatable bonds is 8. The number of hydrogen-bond acceptors (Lipinski definition) is 8. The molecule has 0 saturated carbocycles. The summed E-state index contributed by atoms with van der Waals surface area (Å²) in [5.41, 5.74) is 2.31. The average molecular weight is 475 g/mol. The Morgan fingerprint density at radius 2 is 1.79 bits per heavy atom. The van der Waals surface area contributed by atoms with Crippen LogP contribution in [0.1, 0.15) is 6.92 Å². The molecule has 0 bridgehead atoms. The molecule has 0 aliphatic carbocycles. The third-order valence-corrected chi connectivity index (χ3v) is 5.85. The Morgan fingerprint density at radius 3 is 2.65 bits per heavy atom. The number of para-hydroxylation sites is 1. The maximum atomic E-state index is 12.5. The monoisotopic (exact) mass is 474 g/mol. The van der Waals surface area contributed by atoms with Crippen molar-refractivity contribution in [1.29, 1.82) is 0 Å². The Morgan fingerprint density at radius 1 is 1.00 bits per heavy atom. The van der Waals surface area contributed by atoms with E-state index >= 15 is 0 Å². The lowest BCUT2D eigenvalue weighted by atomic mass is 10.2. The van der Waals surface area contributed by atoms with Gasteiger partial charge in [0.1, 0.15) is 11.6 Å². The van der Waals surface area contributed by atoms with Crippen LogP contribution in [0.3, 0.4) is 0 Å². The molecule has 5 rings (SSSR count). The Bertz CT molecular complexity index is 1330. The van der Waals surface area contributed by atoms with Crippen molar-refractivity contribution in [1.82, 2.24) is 9.97 Å². The van der Waals surface area contributed by atoms with Crippen LogP contribution in [0.2, 0.25) is 0 Å². The van der Waals surface area contributed by atoms with Gasteiger partial charge in [-0.2, -0.15) is 0 Å². The third kappa shape index (κ3) is 4.99. The van der Waals surface area contributed by atoms with Crippen LogP contribution < -0.4 is 24.8 Å². The Kier molecular flexibility index (Phi) is 6.35. The fourth-order valence-electron chi connectivity index (χ4n) is 3.45. The first-order chi connectivity index (χ1) is 16.7. The summed E-state index contributed by atoms with van der Waals surface area (Å²) in [6.45, 7) is 2.74. The summed E-state index contributed by atoms with van der Waals surface area (Å²) in [6.07, 6.45) is 0. The molecule has 1 aliphatic heterocycles. The van der Waals surface area contributed by atoms with Crippen LogP contribution in [0, 0.1) is 0 Å². The first kappa shape index (κ1) is 21.8. The van der Waals surface area contributed by atoms with Gasteiger partial charge in [-0.25, -0.2) is 9.97 Å². The highest BCUT2D eigenvalue weighted by molar-refractivity contribution is 7.99. The van der Waals surface area contributed by atoms with E-state index in [1.54, 1.807) is 0 Å². The zero-order valence-corrected chi connectivity index (χ0v) is 19.2. The Hall–Kier alpha value is -3.98. The predicted molar refractivity (Wildman–Crippen MR) is 132 cm³/mol. The largest absolute Gasteiger partial charge is 0.494 e. The number of carbonyl (C=O) groups is 1. The molecule has 2 N–H and O–H groups in total. The average Bonchev–Trinajstić information content (AvgIpc) is 3.32. The van der Waals surface area contributed by atoms with Crippen LogP contribution in [-0.4, -0.2) is 35.0 Å². The van der Waals surface area contributed by atoms with Crippen molar-refractivity contribution in [3.8, 4) is 17.2 Å². The van der Waals surface area contributed by atoms with Crippen molar-refractivity contribution in [2.45, 2.75) is 12.1 Å². The second-order valence-electron chi connectivity index (χ2n) is 7.36. The Balaban J connectivity index is 1.30. The van der Waals surface area contributed by atoms with Crippen molar-refractivity contribution >= 4 is 45.8 Å². The number of ether oxygens (including phenoxy) is 3. The van der Waals surface area contributed by atoms with E-state index in [1.807, 2.05) is 73.7 Å². The summed E-state index contributed by atoms with van der Waals surface area (Å²) in [5.74, 6) is 2.85. The zero-order valence-electron chi connectivity index (χ0n) is 18.4. The lowest BCUT2D eigenvalue weighted by molar-refractivity contribution is -0.113. The van der Waals surface area contributed by atoms with Crippen molar-refractivity contribution in [3.63, 3.8) is 0 Å². The van der Waals surface area contributed by atoms with E-state index in [9.17, 15) is 4.79 Å². The molecular formula is C25H22N4O4S. The first-order valence-corrected chi connectivity index (χ1v) is 11.8. The molecule has 8 nitrogen and oxygen atoms in total. The van der Waals surface area contributed by atoms with Gasteiger partial charge in [-0.15, -0.1) is 0 Å². The predicted octanol–water partition coefficient (Wildman–Crippen LogP) is 5.23. The number of aromatic nitrogens is 2. The third-order valence-electron chi connectivity index (χ3n) is 5.00. The number of nitrogens with zero attached hydrogens (tertiary/aromatic N) is 2. The maximum Gasteiger partial charge on any atom is 0.234 e. The minimum Gasteiger partial charge on any atom is -0.494 e. The highest BCUT2D eigenvalue weighted by Crippen LogP contribution is 2.36. The second-order valence-corrected chi connectivity index (χ2v) is 8.30. The van der Waals surface area contributed by atoms with Gasteiger partial charge in [0.2, 0.25) is 12.7 Å². The normalized spacial score (nSPS) is 11.9. The van der Waals surface area contributed by atoms with Crippen molar-refractivity contribution < 1.29 is 19.0 Å². The lowest BCUT2D eigenvalue weighted by Gasteiger charge is -2.11. The minimum atomic E-state index is -0.142. The van der Waals surface area contributed by atoms with Crippen LogP contribution >= 0.6 is 11.8 Å². The number of fused-ring (bicyclic) bond motifs is 2. The van der Waals surface area contributed by atoms with Crippen LogP contribution in [0.5, 0.6) is 17.2 Å². The number of anilines is 3. The molecule has 0 atom stereocenters. The fraction of sp³-hybridized carbons (Fsp3) is 0.160. The SMILES string of the molecule is CCOc1ccc(NC(=O)CSc2nc(Nc3ccc4c(c3)OCO4)c3ccccc3n2)cc1. The fourth-order valence-corrected chi connectivity index (χ4v) is 4.11. The van der Waals surface area contributed by atoms with Crippen LogP contribution in [-0.2, 0) is 4.79 Å². The number of amides is 1. The van der Waals surface area contributed by atoms with E-state index in [1.165, 1.54) is 11.8 Å². The first-order valence-electron chi connectivity index (χ1n) is 10.8. The van der Waals surface area contributed by atoms with Gasteiger partial charge < -0.3 is 24.8 Å². The molecule has 0 unspecified atom stereocenters. The molecule has 4 aromatic rings. The van der Waals surface area contributed by atoms with E-state index < -0.39 is 0 Å². The van der Waals surface area contributed by atoms with Crippen LogP contribution in [0.25, 0.3) is 10.9 Å².